The quantitative estimate of drug-likeness (QED) is 0.696. The maximum atomic E-state index is 13.7. The van der Waals surface area contributed by atoms with E-state index >= 15 is 0 Å². The van der Waals surface area contributed by atoms with Gasteiger partial charge in [0.05, 0.1) is 11.5 Å². The minimum Gasteiger partial charge on any atom is -0.207 e. The molecule has 1 nitrogen and oxygen atoms in total. The number of hydrogen-bond acceptors (Lipinski definition) is 1. The van der Waals surface area contributed by atoms with Gasteiger partial charge in [-0.25, -0.2) is 4.39 Å². The van der Waals surface area contributed by atoms with Crippen LogP contribution in [0.5, 0.6) is 0 Å². The van der Waals surface area contributed by atoms with Crippen LogP contribution in [0, 0.1) is 17.1 Å². The number of hydrogen-bond donors (Lipinski definition) is 0. The van der Waals surface area contributed by atoms with E-state index in [0.717, 1.165) is 32.1 Å². The predicted molar refractivity (Wildman–Crippen MR) is 68.1 cm³/mol. The fraction of sp³-hybridized carbons (Fsp3) is 0.533. The van der Waals surface area contributed by atoms with Crippen molar-refractivity contribution in [3.8, 4) is 6.07 Å². The summed E-state index contributed by atoms with van der Waals surface area (Å²) in [7, 11) is 0. The van der Waals surface area contributed by atoms with Gasteiger partial charge in [-0.1, -0.05) is 51.3 Å². The summed E-state index contributed by atoms with van der Waals surface area (Å²) in [6, 6.07) is 9.02. The molecule has 1 saturated carbocycles. The van der Waals surface area contributed by atoms with E-state index in [-0.39, 0.29) is 5.82 Å². The maximum Gasteiger partial charge on any atom is 0.128 e. The Balaban J connectivity index is 0.000000686. The molecule has 1 aliphatic rings. The molecule has 0 amide bonds. The Labute approximate surface area is 103 Å². The summed E-state index contributed by atoms with van der Waals surface area (Å²) in [4.78, 5) is 0. The lowest BCUT2D eigenvalue weighted by atomic mass is 9.70. The SMILES string of the molecule is CC.N#CC1(c2ccccc2F)CCCCC1. The van der Waals surface area contributed by atoms with Crippen LogP contribution in [0.1, 0.15) is 51.5 Å². The van der Waals surface area contributed by atoms with E-state index < -0.39 is 5.41 Å². The highest BCUT2D eigenvalue weighted by Gasteiger charge is 2.35. The van der Waals surface area contributed by atoms with Crippen molar-refractivity contribution in [2.45, 2.75) is 51.4 Å². The lowest BCUT2D eigenvalue weighted by molar-refractivity contribution is 0.354. The minimum atomic E-state index is -0.566. The number of benzene rings is 1. The summed E-state index contributed by atoms with van der Waals surface area (Å²) in [6.45, 7) is 4.00. The van der Waals surface area contributed by atoms with E-state index in [1.54, 1.807) is 12.1 Å². The van der Waals surface area contributed by atoms with Gasteiger partial charge in [0.15, 0.2) is 0 Å². The molecule has 0 saturated heterocycles. The summed E-state index contributed by atoms with van der Waals surface area (Å²) in [6.07, 6.45) is 4.82. The second kappa shape index (κ2) is 6.39. The molecule has 0 unspecified atom stereocenters. The van der Waals surface area contributed by atoms with Crippen LogP contribution in [0.25, 0.3) is 0 Å². The standard InChI is InChI=1S/C13H14FN.C2H6/c14-12-7-3-2-6-11(12)13(10-15)8-4-1-5-9-13;1-2/h2-3,6-7H,1,4-5,8-9H2;1-2H3. The average molecular weight is 233 g/mol. The Kier molecular flexibility index (Phi) is 5.15. The molecule has 0 spiro atoms. The first-order valence-corrected chi connectivity index (χ1v) is 6.45. The van der Waals surface area contributed by atoms with E-state index in [0.29, 0.717) is 5.56 Å². The summed E-state index contributed by atoms with van der Waals surface area (Å²) < 4.78 is 13.7. The van der Waals surface area contributed by atoms with Crippen LogP contribution in [-0.2, 0) is 5.41 Å². The molecule has 1 aliphatic carbocycles. The molecule has 1 fully saturated rings. The summed E-state index contributed by atoms with van der Waals surface area (Å²) in [5, 5.41) is 9.30. The first-order valence-electron chi connectivity index (χ1n) is 6.45. The van der Waals surface area contributed by atoms with E-state index in [1.807, 2.05) is 19.9 Å². The van der Waals surface area contributed by atoms with E-state index in [9.17, 15) is 9.65 Å². The Morgan fingerprint density at radius 3 is 2.24 bits per heavy atom. The molecule has 1 aromatic rings. The van der Waals surface area contributed by atoms with Gasteiger partial charge in [0.2, 0.25) is 0 Å². The molecule has 0 aromatic heterocycles. The molecule has 0 N–H and O–H groups in total. The second-order valence-corrected chi connectivity index (χ2v) is 4.23. The van der Waals surface area contributed by atoms with E-state index in [1.165, 1.54) is 6.07 Å². The van der Waals surface area contributed by atoms with Gasteiger partial charge in [-0.15, -0.1) is 0 Å². The molecule has 92 valence electrons. The van der Waals surface area contributed by atoms with Gasteiger partial charge in [0.25, 0.3) is 0 Å². The smallest absolute Gasteiger partial charge is 0.128 e. The first kappa shape index (κ1) is 13.7. The van der Waals surface area contributed by atoms with Crippen molar-refractivity contribution < 1.29 is 4.39 Å². The lowest BCUT2D eigenvalue weighted by Crippen LogP contribution is -2.28. The van der Waals surface area contributed by atoms with Crippen molar-refractivity contribution in [1.29, 1.82) is 5.26 Å². The largest absolute Gasteiger partial charge is 0.207 e. The zero-order valence-corrected chi connectivity index (χ0v) is 10.7. The third-order valence-electron chi connectivity index (χ3n) is 3.31. The number of nitriles is 1. The third-order valence-corrected chi connectivity index (χ3v) is 3.31. The van der Waals surface area contributed by atoms with Gasteiger partial charge in [-0.2, -0.15) is 5.26 Å². The summed E-state index contributed by atoms with van der Waals surface area (Å²) in [5.74, 6) is -0.235. The van der Waals surface area contributed by atoms with Crippen LogP contribution in [0.2, 0.25) is 0 Å². The zero-order valence-electron chi connectivity index (χ0n) is 10.7. The van der Waals surface area contributed by atoms with Crippen LogP contribution in [0.4, 0.5) is 4.39 Å². The molecule has 2 rings (SSSR count). The molecule has 1 aromatic carbocycles. The Morgan fingerprint density at radius 1 is 1.12 bits per heavy atom. The third kappa shape index (κ3) is 2.85. The monoisotopic (exact) mass is 233 g/mol. The molecular weight excluding hydrogens is 213 g/mol. The molecule has 0 heterocycles. The van der Waals surface area contributed by atoms with Crippen LogP contribution < -0.4 is 0 Å². The molecule has 0 bridgehead atoms. The first-order chi connectivity index (χ1) is 8.28. The summed E-state index contributed by atoms with van der Waals surface area (Å²) >= 11 is 0. The second-order valence-electron chi connectivity index (χ2n) is 4.23. The lowest BCUT2D eigenvalue weighted by Gasteiger charge is -2.31. The molecular formula is C15H20FN. The Hall–Kier alpha value is -1.36. The van der Waals surface area contributed by atoms with Crippen LogP contribution >= 0.6 is 0 Å². The van der Waals surface area contributed by atoms with Crippen LogP contribution in [0.3, 0.4) is 0 Å². The molecule has 2 heteroatoms. The van der Waals surface area contributed by atoms with Crippen molar-refractivity contribution in [2.75, 3.05) is 0 Å². The topological polar surface area (TPSA) is 23.8 Å². The van der Waals surface area contributed by atoms with Crippen molar-refractivity contribution in [3.63, 3.8) is 0 Å². The normalized spacial score (nSPS) is 17.5. The van der Waals surface area contributed by atoms with Gasteiger partial charge >= 0.3 is 0 Å². The number of rotatable bonds is 1. The average Bonchev–Trinajstić information content (AvgIpc) is 2.42. The van der Waals surface area contributed by atoms with E-state index in [4.69, 9.17) is 0 Å². The molecule has 0 radical (unpaired) electrons. The highest BCUT2D eigenvalue weighted by Crippen LogP contribution is 2.39. The van der Waals surface area contributed by atoms with Crippen molar-refractivity contribution in [3.05, 3.63) is 35.6 Å². The zero-order chi connectivity index (χ0) is 12.7. The van der Waals surface area contributed by atoms with Crippen LogP contribution in [-0.4, -0.2) is 0 Å². The highest BCUT2D eigenvalue weighted by molar-refractivity contribution is 5.34. The fourth-order valence-electron chi connectivity index (χ4n) is 2.45. The van der Waals surface area contributed by atoms with E-state index in [2.05, 4.69) is 6.07 Å². The Morgan fingerprint density at radius 2 is 1.71 bits per heavy atom. The molecule has 17 heavy (non-hydrogen) atoms. The van der Waals surface area contributed by atoms with Gasteiger partial charge in [0, 0.05) is 5.56 Å². The van der Waals surface area contributed by atoms with Crippen LogP contribution in [0.15, 0.2) is 24.3 Å². The number of halogens is 1. The van der Waals surface area contributed by atoms with Gasteiger partial charge in [-0.3, -0.25) is 0 Å². The van der Waals surface area contributed by atoms with Gasteiger partial charge in [-0.05, 0) is 18.9 Å². The van der Waals surface area contributed by atoms with Crippen molar-refractivity contribution >= 4 is 0 Å². The number of nitrogens with zero attached hydrogens (tertiary/aromatic N) is 1. The molecule has 0 aliphatic heterocycles. The predicted octanol–water partition coefficient (Wildman–Crippen LogP) is 4.58. The van der Waals surface area contributed by atoms with Crippen molar-refractivity contribution in [1.82, 2.24) is 0 Å². The fourth-order valence-corrected chi connectivity index (χ4v) is 2.45. The van der Waals surface area contributed by atoms with Gasteiger partial charge < -0.3 is 0 Å². The van der Waals surface area contributed by atoms with Gasteiger partial charge in [0.1, 0.15) is 5.82 Å². The minimum absolute atomic E-state index is 0.235. The van der Waals surface area contributed by atoms with Crippen molar-refractivity contribution in [2.24, 2.45) is 0 Å². The molecule has 0 atom stereocenters. The Bertz CT molecular complexity index is 386. The maximum absolute atomic E-state index is 13.7. The highest BCUT2D eigenvalue weighted by atomic mass is 19.1. The summed E-state index contributed by atoms with van der Waals surface area (Å²) in [5.41, 5.74) is 0.0241.